The van der Waals surface area contributed by atoms with Gasteiger partial charge in [0.2, 0.25) is 0 Å². The maximum Gasteiger partial charge on any atom is 0.142 e. The van der Waals surface area contributed by atoms with E-state index in [9.17, 15) is 0 Å². The van der Waals surface area contributed by atoms with E-state index in [-0.39, 0.29) is 0 Å². The first-order valence-electron chi connectivity index (χ1n) is 8.09. The fourth-order valence-electron chi connectivity index (χ4n) is 2.95. The number of anilines is 1. The van der Waals surface area contributed by atoms with Crippen molar-refractivity contribution in [3.63, 3.8) is 0 Å². The van der Waals surface area contributed by atoms with Crippen molar-refractivity contribution in [2.24, 2.45) is 5.92 Å². The van der Waals surface area contributed by atoms with E-state index >= 15 is 0 Å². The Balaban J connectivity index is 1.81. The van der Waals surface area contributed by atoms with E-state index in [0.29, 0.717) is 11.6 Å². The smallest absolute Gasteiger partial charge is 0.142 e. The molecule has 0 N–H and O–H groups in total. The Morgan fingerprint density at radius 2 is 1.87 bits per heavy atom. The summed E-state index contributed by atoms with van der Waals surface area (Å²) in [5.41, 5.74) is 1.72. The molecule has 1 aliphatic heterocycles. The highest BCUT2D eigenvalue weighted by molar-refractivity contribution is 5.42. The minimum absolute atomic E-state index is 0.465. The second kappa shape index (κ2) is 7.75. The van der Waals surface area contributed by atoms with Gasteiger partial charge in [-0.3, -0.25) is 0 Å². The summed E-state index contributed by atoms with van der Waals surface area (Å²) in [6.07, 6.45) is 2.17. The monoisotopic (exact) mass is 307 g/mol. The molecule has 4 heteroatoms. The summed E-state index contributed by atoms with van der Waals surface area (Å²) in [6.45, 7) is 3.44. The van der Waals surface area contributed by atoms with E-state index in [1.165, 1.54) is 5.56 Å². The topological polar surface area (TPSA) is 49.2 Å². The van der Waals surface area contributed by atoms with E-state index in [0.717, 1.165) is 45.0 Å². The zero-order chi connectivity index (χ0) is 15.9. The Labute approximate surface area is 137 Å². The molecule has 0 atom stereocenters. The van der Waals surface area contributed by atoms with Gasteiger partial charge in [0.15, 0.2) is 0 Å². The fourth-order valence-corrected chi connectivity index (χ4v) is 2.95. The van der Waals surface area contributed by atoms with Crippen LogP contribution in [0.25, 0.3) is 0 Å². The van der Waals surface area contributed by atoms with Crippen molar-refractivity contribution in [2.75, 3.05) is 24.7 Å². The lowest BCUT2D eigenvalue weighted by molar-refractivity contribution is 0.0681. The minimum atomic E-state index is 0.465. The average Bonchev–Trinajstić information content (AvgIpc) is 2.63. The number of nitriles is 1. The maximum atomic E-state index is 9.11. The molecule has 2 aromatic rings. The van der Waals surface area contributed by atoms with E-state index in [1.54, 1.807) is 6.07 Å². The number of rotatable bonds is 5. The molecule has 1 aromatic carbocycles. The van der Waals surface area contributed by atoms with Crippen LogP contribution in [-0.2, 0) is 11.3 Å². The molecule has 1 aliphatic rings. The Bertz CT molecular complexity index is 660. The van der Waals surface area contributed by atoms with E-state index in [2.05, 4.69) is 40.2 Å². The molecule has 0 amide bonds. The molecule has 0 aliphatic carbocycles. The van der Waals surface area contributed by atoms with Crippen molar-refractivity contribution < 1.29 is 4.74 Å². The third-order valence-corrected chi connectivity index (χ3v) is 4.21. The summed E-state index contributed by atoms with van der Waals surface area (Å²) in [6, 6.07) is 18.2. The van der Waals surface area contributed by atoms with Crippen LogP contribution in [0.4, 0.5) is 5.82 Å². The molecule has 1 fully saturated rings. The largest absolute Gasteiger partial charge is 0.381 e. The second-order valence-electron chi connectivity index (χ2n) is 5.91. The molecule has 0 bridgehead atoms. The van der Waals surface area contributed by atoms with Crippen LogP contribution in [0, 0.1) is 17.2 Å². The predicted molar refractivity (Wildman–Crippen MR) is 90.0 cm³/mol. The number of hydrogen-bond donors (Lipinski definition) is 0. The van der Waals surface area contributed by atoms with Crippen LogP contribution in [0.5, 0.6) is 0 Å². The van der Waals surface area contributed by atoms with Gasteiger partial charge in [-0.1, -0.05) is 36.4 Å². The van der Waals surface area contributed by atoms with Crippen molar-refractivity contribution in [1.29, 1.82) is 5.26 Å². The van der Waals surface area contributed by atoms with E-state index in [1.807, 2.05) is 18.2 Å². The van der Waals surface area contributed by atoms with Crippen LogP contribution in [0.3, 0.4) is 0 Å². The van der Waals surface area contributed by atoms with Gasteiger partial charge in [-0.05, 0) is 36.5 Å². The van der Waals surface area contributed by atoms with Crippen LogP contribution in [0.2, 0.25) is 0 Å². The number of pyridine rings is 1. The van der Waals surface area contributed by atoms with Crippen molar-refractivity contribution in [2.45, 2.75) is 19.4 Å². The zero-order valence-corrected chi connectivity index (χ0v) is 13.2. The third-order valence-electron chi connectivity index (χ3n) is 4.21. The molecular formula is C19H21N3O. The Morgan fingerprint density at radius 3 is 2.61 bits per heavy atom. The predicted octanol–water partition coefficient (Wildman–Crippen LogP) is 3.39. The molecule has 1 aromatic heterocycles. The first kappa shape index (κ1) is 15.5. The lowest BCUT2D eigenvalue weighted by Crippen LogP contribution is -2.32. The lowest BCUT2D eigenvalue weighted by atomic mass is 9.99. The summed E-state index contributed by atoms with van der Waals surface area (Å²) < 4.78 is 5.46. The lowest BCUT2D eigenvalue weighted by Gasteiger charge is -2.30. The number of nitrogens with zero attached hydrogens (tertiary/aromatic N) is 3. The normalized spacial score (nSPS) is 15.1. The Morgan fingerprint density at radius 1 is 1.09 bits per heavy atom. The van der Waals surface area contributed by atoms with Crippen LogP contribution in [0.1, 0.15) is 24.1 Å². The molecule has 4 nitrogen and oxygen atoms in total. The third kappa shape index (κ3) is 4.30. The Kier molecular flexibility index (Phi) is 5.23. The highest BCUT2D eigenvalue weighted by Crippen LogP contribution is 2.22. The summed E-state index contributed by atoms with van der Waals surface area (Å²) >= 11 is 0. The van der Waals surface area contributed by atoms with Crippen molar-refractivity contribution >= 4 is 5.82 Å². The van der Waals surface area contributed by atoms with Gasteiger partial charge in [0.25, 0.3) is 0 Å². The van der Waals surface area contributed by atoms with Crippen molar-refractivity contribution in [1.82, 2.24) is 4.98 Å². The molecule has 118 valence electrons. The van der Waals surface area contributed by atoms with Crippen molar-refractivity contribution in [3.8, 4) is 6.07 Å². The van der Waals surface area contributed by atoms with Gasteiger partial charge in [0.05, 0.1) is 0 Å². The van der Waals surface area contributed by atoms with Crippen molar-refractivity contribution in [3.05, 3.63) is 59.8 Å². The van der Waals surface area contributed by atoms with Crippen LogP contribution >= 0.6 is 0 Å². The van der Waals surface area contributed by atoms with Gasteiger partial charge in [0.1, 0.15) is 17.6 Å². The van der Waals surface area contributed by atoms with Gasteiger partial charge in [-0.25, -0.2) is 4.98 Å². The molecule has 0 unspecified atom stereocenters. The summed E-state index contributed by atoms with van der Waals surface area (Å²) in [5.74, 6) is 1.49. The van der Waals surface area contributed by atoms with Gasteiger partial charge in [0, 0.05) is 26.3 Å². The maximum absolute atomic E-state index is 9.11. The molecule has 0 saturated carbocycles. The molecule has 23 heavy (non-hydrogen) atoms. The molecule has 1 saturated heterocycles. The molecule has 2 heterocycles. The number of benzene rings is 1. The highest BCUT2D eigenvalue weighted by atomic mass is 16.5. The first-order valence-corrected chi connectivity index (χ1v) is 8.09. The summed E-state index contributed by atoms with van der Waals surface area (Å²) in [7, 11) is 0. The van der Waals surface area contributed by atoms with Crippen LogP contribution < -0.4 is 4.90 Å². The van der Waals surface area contributed by atoms with Gasteiger partial charge >= 0.3 is 0 Å². The van der Waals surface area contributed by atoms with E-state index < -0.39 is 0 Å². The minimum Gasteiger partial charge on any atom is -0.381 e. The van der Waals surface area contributed by atoms with E-state index in [4.69, 9.17) is 10.00 Å². The summed E-state index contributed by atoms with van der Waals surface area (Å²) in [4.78, 5) is 6.77. The second-order valence-corrected chi connectivity index (χ2v) is 5.91. The van der Waals surface area contributed by atoms with Gasteiger partial charge in [-0.2, -0.15) is 5.26 Å². The first-order chi connectivity index (χ1) is 11.3. The number of hydrogen-bond acceptors (Lipinski definition) is 4. The zero-order valence-electron chi connectivity index (χ0n) is 13.2. The molecule has 0 radical (unpaired) electrons. The standard InChI is InChI=1S/C19H21N3O/c20-13-18-7-4-8-19(21-18)22(14-16-5-2-1-3-6-16)15-17-9-11-23-12-10-17/h1-8,17H,9-12,14-15H2. The molecule has 0 spiro atoms. The highest BCUT2D eigenvalue weighted by Gasteiger charge is 2.19. The van der Waals surface area contributed by atoms with Crippen LogP contribution in [-0.4, -0.2) is 24.7 Å². The molecular weight excluding hydrogens is 286 g/mol. The van der Waals surface area contributed by atoms with Crippen LogP contribution in [0.15, 0.2) is 48.5 Å². The SMILES string of the molecule is N#Cc1cccc(N(Cc2ccccc2)CC2CCOCC2)n1. The fraction of sp³-hybridized carbons (Fsp3) is 0.368. The number of ether oxygens (including phenoxy) is 1. The summed E-state index contributed by atoms with van der Waals surface area (Å²) in [5, 5.41) is 9.11. The molecule has 3 rings (SSSR count). The Hall–Kier alpha value is -2.38. The average molecular weight is 307 g/mol. The van der Waals surface area contributed by atoms with Gasteiger partial charge < -0.3 is 9.64 Å². The van der Waals surface area contributed by atoms with Gasteiger partial charge in [-0.15, -0.1) is 0 Å². The quantitative estimate of drug-likeness (QED) is 0.849. The number of aromatic nitrogens is 1.